The number of hydrogen-bond donors (Lipinski definition) is 2. The zero-order chi connectivity index (χ0) is 12.8. The third kappa shape index (κ3) is 3.74. The molecule has 0 saturated heterocycles. The molecule has 0 spiro atoms. The fraction of sp³-hybridized carbons (Fsp3) is 0.500. The van der Waals surface area contributed by atoms with Crippen LogP contribution >= 0.6 is 11.6 Å². The number of alkyl halides is 1. The number of carbonyl (C=O) groups excluding carboxylic acids is 1. The molecular formula is C10H14ClN3O3. The molecule has 1 heterocycles. The number of carbonyl (C=O) groups is 1. The predicted molar refractivity (Wildman–Crippen MR) is 64.3 cm³/mol. The molecule has 0 bridgehead atoms. The van der Waals surface area contributed by atoms with Crippen molar-refractivity contribution in [3.8, 4) is 0 Å². The Morgan fingerprint density at radius 1 is 1.65 bits per heavy atom. The first kappa shape index (κ1) is 13.5. The van der Waals surface area contributed by atoms with E-state index in [1.165, 1.54) is 12.1 Å². The molecule has 6 nitrogen and oxygen atoms in total. The van der Waals surface area contributed by atoms with E-state index in [4.69, 9.17) is 11.6 Å². The summed E-state index contributed by atoms with van der Waals surface area (Å²) in [6.45, 7) is 1.94. The monoisotopic (exact) mass is 259 g/mol. The first-order valence-corrected chi connectivity index (χ1v) is 5.82. The second-order valence-electron chi connectivity index (χ2n) is 3.57. The minimum atomic E-state index is -0.577. The molecule has 0 aromatic carbocycles. The van der Waals surface area contributed by atoms with E-state index in [1.54, 1.807) is 0 Å². The third-order valence-corrected chi connectivity index (χ3v) is 2.62. The fourth-order valence-corrected chi connectivity index (χ4v) is 1.66. The van der Waals surface area contributed by atoms with Gasteiger partial charge in [0.2, 0.25) is 0 Å². The van der Waals surface area contributed by atoms with Gasteiger partial charge in [0.25, 0.3) is 5.91 Å². The van der Waals surface area contributed by atoms with Crippen LogP contribution in [0.25, 0.3) is 0 Å². The lowest BCUT2D eigenvalue weighted by Crippen LogP contribution is -2.34. The summed E-state index contributed by atoms with van der Waals surface area (Å²) in [4.78, 5) is 24.0. The van der Waals surface area contributed by atoms with E-state index in [0.29, 0.717) is 12.3 Å². The van der Waals surface area contributed by atoms with Gasteiger partial charge in [0.05, 0.1) is 0 Å². The second kappa shape index (κ2) is 6.24. The molecule has 0 aliphatic rings. The van der Waals surface area contributed by atoms with Crippen molar-refractivity contribution in [1.29, 1.82) is 0 Å². The molecule has 1 aromatic heterocycles. The molecule has 1 amide bonds. The minimum Gasteiger partial charge on any atom is -0.358 e. The number of halogens is 1. The van der Waals surface area contributed by atoms with Crippen LogP contribution in [0.2, 0.25) is 0 Å². The number of nitro groups is 1. The van der Waals surface area contributed by atoms with Crippen LogP contribution in [0.1, 0.15) is 30.3 Å². The number of H-pyrrole nitrogens is 1. The smallest absolute Gasteiger partial charge is 0.321 e. The molecule has 1 atom stereocenters. The molecular weight excluding hydrogens is 246 g/mol. The lowest BCUT2D eigenvalue weighted by Gasteiger charge is -2.13. The van der Waals surface area contributed by atoms with E-state index in [-0.39, 0.29) is 23.5 Å². The van der Waals surface area contributed by atoms with Gasteiger partial charge in [-0.2, -0.15) is 0 Å². The van der Waals surface area contributed by atoms with E-state index in [9.17, 15) is 14.9 Å². The Morgan fingerprint density at radius 3 is 2.82 bits per heavy atom. The number of amides is 1. The van der Waals surface area contributed by atoms with Crippen molar-refractivity contribution in [2.45, 2.75) is 25.8 Å². The highest BCUT2D eigenvalue weighted by atomic mass is 35.5. The van der Waals surface area contributed by atoms with Gasteiger partial charge in [0.1, 0.15) is 0 Å². The Morgan fingerprint density at radius 2 is 2.35 bits per heavy atom. The number of nitrogens with one attached hydrogen (secondary N) is 2. The highest BCUT2D eigenvalue weighted by Crippen LogP contribution is 2.10. The van der Waals surface area contributed by atoms with Gasteiger partial charge >= 0.3 is 5.82 Å². The van der Waals surface area contributed by atoms with Crippen LogP contribution < -0.4 is 5.32 Å². The Balaban J connectivity index is 2.65. The van der Waals surface area contributed by atoms with Crippen molar-refractivity contribution in [3.63, 3.8) is 0 Å². The van der Waals surface area contributed by atoms with Gasteiger partial charge in [-0.25, -0.2) is 4.98 Å². The van der Waals surface area contributed by atoms with Crippen LogP contribution in [0.4, 0.5) is 5.82 Å². The summed E-state index contributed by atoms with van der Waals surface area (Å²) in [6, 6.07) is 2.64. The molecule has 0 fully saturated rings. The largest absolute Gasteiger partial charge is 0.358 e. The normalized spacial score (nSPS) is 12.1. The Bertz CT molecular complexity index is 405. The van der Waals surface area contributed by atoms with E-state index < -0.39 is 4.92 Å². The first-order chi connectivity index (χ1) is 8.08. The summed E-state index contributed by atoms with van der Waals surface area (Å²) in [5, 5.41) is 13.2. The van der Waals surface area contributed by atoms with Crippen LogP contribution in [0.5, 0.6) is 0 Å². The Hall–Kier alpha value is -1.56. The molecule has 2 N–H and O–H groups in total. The summed E-state index contributed by atoms with van der Waals surface area (Å²) in [5.41, 5.74) is 0.185. The van der Waals surface area contributed by atoms with Gasteiger partial charge < -0.3 is 15.4 Å². The maximum Gasteiger partial charge on any atom is 0.321 e. The zero-order valence-electron chi connectivity index (χ0n) is 9.40. The van der Waals surface area contributed by atoms with Gasteiger partial charge in [0, 0.05) is 18.0 Å². The van der Waals surface area contributed by atoms with Gasteiger partial charge in [-0.05, 0) is 23.8 Å². The Labute approximate surface area is 103 Å². The van der Waals surface area contributed by atoms with Crippen LogP contribution in [0.3, 0.4) is 0 Å². The maximum atomic E-state index is 11.7. The van der Waals surface area contributed by atoms with E-state index in [2.05, 4.69) is 10.3 Å². The topological polar surface area (TPSA) is 88.0 Å². The fourth-order valence-electron chi connectivity index (χ4n) is 1.40. The average Bonchev–Trinajstić information content (AvgIpc) is 2.77. The lowest BCUT2D eigenvalue weighted by atomic mass is 10.1. The van der Waals surface area contributed by atoms with Gasteiger partial charge in [-0.15, -0.1) is 11.6 Å². The quantitative estimate of drug-likeness (QED) is 0.466. The summed E-state index contributed by atoms with van der Waals surface area (Å²) in [5.74, 6) is -0.0838. The number of hydrogen-bond acceptors (Lipinski definition) is 3. The molecule has 0 aliphatic carbocycles. The molecule has 1 aromatic rings. The number of aromatic amines is 1. The van der Waals surface area contributed by atoms with E-state index in [1.807, 2.05) is 6.92 Å². The van der Waals surface area contributed by atoms with Gasteiger partial charge in [-0.3, -0.25) is 4.79 Å². The molecule has 94 valence electrons. The van der Waals surface area contributed by atoms with Crippen LogP contribution in [-0.2, 0) is 0 Å². The van der Waals surface area contributed by atoms with Gasteiger partial charge in [-0.1, -0.05) is 6.92 Å². The predicted octanol–water partition coefficient (Wildman–Crippen LogP) is 2.06. The standard InChI is InChI=1S/C10H14ClN3O3/c1-2-7(5-6-11)12-10(15)8-3-4-9(13-8)14(16)17/h3-4,7,13H,2,5-6H2,1H3,(H,12,15). The number of rotatable bonds is 6. The van der Waals surface area contributed by atoms with Crippen LogP contribution in [0.15, 0.2) is 12.1 Å². The number of nitrogens with zero attached hydrogens (tertiary/aromatic N) is 1. The molecule has 1 unspecified atom stereocenters. The molecule has 0 aliphatic heterocycles. The zero-order valence-corrected chi connectivity index (χ0v) is 10.2. The van der Waals surface area contributed by atoms with Crippen molar-refractivity contribution in [2.75, 3.05) is 5.88 Å². The van der Waals surface area contributed by atoms with Gasteiger partial charge in [0.15, 0.2) is 5.69 Å². The summed E-state index contributed by atoms with van der Waals surface area (Å²) in [7, 11) is 0. The highest BCUT2D eigenvalue weighted by molar-refractivity contribution is 6.17. The lowest BCUT2D eigenvalue weighted by molar-refractivity contribution is -0.389. The van der Waals surface area contributed by atoms with Crippen molar-refractivity contribution in [2.24, 2.45) is 0 Å². The summed E-state index contributed by atoms with van der Waals surface area (Å²) in [6.07, 6.45) is 1.44. The summed E-state index contributed by atoms with van der Waals surface area (Å²) >= 11 is 5.60. The van der Waals surface area contributed by atoms with Crippen LogP contribution in [0, 0.1) is 10.1 Å². The van der Waals surface area contributed by atoms with E-state index in [0.717, 1.165) is 6.42 Å². The van der Waals surface area contributed by atoms with Crippen molar-refractivity contribution in [3.05, 3.63) is 27.9 Å². The van der Waals surface area contributed by atoms with Crippen molar-refractivity contribution >= 4 is 23.3 Å². The van der Waals surface area contributed by atoms with Crippen molar-refractivity contribution in [1.82, 2.24) is 10.3 Å². The SMILES string of the molecule is CCC(CCCl)NC(=O)c1ccc([N+](=O)[O-])[nH]1. The molecule has 1 rings (SSSR count). The van der Waals surface area contributed by atoms with Crippen molar-refractivity contribution < 1.29 is 9.72 Å². The first-order valence-electron chi connectivity index (χ1n) is 5.28. The minimum absolute atomic E-state index is 0.0117. The maximum absolute atomic E-state index is 11.7. The molecule has 7 heteroatoms. The highest BCUT2D eigenvalue weighted by Gasteiger charge is 2.17. The van der Waals surface area contributed by atoms with Crippen LogP contribution in [-0.4, -0.2) is 27.7 Å². The molecule has 17 heavy (non-hydrogen) atoms. The number of aromatic nitrogens is 1. The average molecular weight is 260 g/mol. The van der Waals surface area contributed by atoms with E-state index >= 15 is 0 Å². The molecule has 0 radical (unpaired) electrons. The molecule has 0 saturated carbocycles. The Kier molecular flexibility index (Phi) is 4.96. The second-order valence-corrected chi connectivity index (χ2v) is 3.95. The summed E-state index contributed by atoms with van der Waals surface area (Å²) < 4.78 is 0. The third-order valence-electron chi connectivity index (χ3n) is 2.40.